The predicted octanol–water partition coefficient (Wildman–Crippen LogP) is 3.57. The van der Waals surface area contributed by atoms with Crippen molar-refractivity contribution in [1.29, 1.82) is 0 Å². The quantitative estimate of drug-likeness (QED) is 0.795. The van der Waals surface area contributed by atoms with Crippen molar-refractivity contribution in [3.63, 3.8) is 0 Å². The smallest absolute Gasteiger partial charge is 0.132 e. The van der Waals surface area contributed by atoms with E-state index in [0.29, 0.717) is 5.88 Å². The number of alkyl halides is 1. The Morgan fingerprint density at radius 2 is 2.12 bits per heavy atom. The van der Waals surface area contributed by atoms with Gasteiger partial charge in [0.05, 0.1) is 31.4 Å². The maximum absolute atomic E-state index is 5.74. The maximum Gasteiger partial charge on any atom is 0.132 e. The number of benzene rings is 1. The zero-order valence-corrected chi connectivity index (χ0v) is 11.1. The molecule has 0 unspecified atom stereocenters. The van der Waals surface area contributed by atoms with E-state index in [1.54, 1.807) is 25.6 Å². The van der Waals surface area contributed by atoms with Gasteiger partial charge in [0.2, 0.25) is 0 Å². The lowest BCUT2D eigenvalue weighted by atomic mass is 10.2. The van der Waals surface area contributed by atoms with Gasteiger partial charge in [-0.25, -0.2) is 4.98 Å². The normalized spacial score (nSPS) is 10.3. The SMILES string of the molecule is COc1ccc(-c2nc(CCl)cs2)c(OC)c1. The molecule has 90 valence electrons. The number of hydrogen-bond acceptors (Lipinski definition) is 4. The maximum atomic E-state index is 5.74. The third-order valence-corrected chi connectivity index (χ3v) is 3.53. The Kier molecular flexibility index (Phi) is 3.86. The summed E-state index contributed by atoms with van der Waals surface area (Å²) in [6.07, 6.45) is 0. The average Bonchev–Trinajstić information content (AvgIpc) is 2.86. The van der Waals surface area contributed by atoms with Gasteiger partial charge in [0.15, 0.2) is 0 Å². The molecule has 0 atom stereocenters. The highest BCUT2D eigenvalue weighted by atomic mass is 35.5. The van der Waals surface area contributed by atoms with Crippen LogP contribution in [0, 0.1) is 0 Å². The molecule has 0 aliphatic rings. The first kappa shape index (κ1) is 12.2. The highest BCUT2D eigenvalue weighted by molar-refractivity contribution is 7.13. The number of aromatic nitrogens is 1. The number of halogens is 1. The molecule has 0 N–H and O–H groups in total. The lowest BCUT2D eigenvalue weighted by Crippen LogP contribution is -1.90. The zero-order chi connectivity index (χ0) is 12.3. The Hall–Kier alpha value is -1.26. The van der Waals surface area contributed by atoms with Crippen molar-refractivity contribution >= 4 is 22.9 Å². The summed E-state index contributed by atoms with van der Waals surface area (Å²) < 4.78 is 10.5. The van der Waals surface area contributed by atoms with E-state index in [1.165, 1.54) is 0 Å². The van der Waals surface area contributed by atoms with Gasteiger partial charge in [0.25, 0.3) is 0 Å². The van der Waals surface area contributed by atoms with E-state index >= 15 is 0 Å². The molecule has 0 saturated heterocycles. The van der Waals surface area contributed by atoms with Crippen LogP contribution in [-0.4, -0.2) is 19.2 Å². The second-order valence-corrected chi connectivity index (χ2v) is 4.47. The average molecular weight is 270 g/mol. The van der Waals surface area contributed by atoms with Crippen LogP contribution >= 0.6 is 22.9 Å². The van der Waals surface area contributed by atoms with Crippen LogP contribution in [-0.2, 0) is 5.88 Å². The first-order chi connectivity index (χ1) is 8.28. The van der Waals surface area contributed by atoms with Crippen LogP contribution in [0.1, 0.15) is 5.69 Å². The van der Waals surface area contributed by atoms with E-state index in [0.717, 1.165) is 27.8 Å². The van der Waals surface area contributed by atoms with Gasteiger partial charge in [-0.2, -0.15) is 0 Å². The molecular weight excluding hydrogens is 258 g/mol. The molecule has 0 aliphatic carbocycles. The highest BCUT2D eigenvalue weighted by Crippen LogP contribution is 2.35. The van der Waals surface area contributed by atoms with Gasteiger partial charge in [0, 0.05) is 11.4 Å². The number of nitrogens with zero attached hydrogens (tertiary/aromatic N) is 1. The van der Waals surface area contributed by atoms with Crippen LogP contribution < -0.4 is 9.47 Å². The second kappa shape index (κ2) is 5.38. The fourth-order valence-electron chi connectivity index (χ4n) is 1.47. The minimum Gasteiger partial charge on any atom is -0.497 e. The van der Waals surface area contributed by atoms with Crippen molar-refractivity contribution in [3.05, 3.63) is 29.3 Å². The van der Waals surface area contributed by atoms with Crippen molar-refractivity contribution in [2.45, 2.75) is 5.88 Å². The molecule has 2 rings (SSSR count). The van der Waals surface area contributed by atoms with Crippen molar-refractivity contribution in [1.82, 2.24) is 4.98 Å². The molecule has 0 spiro atoms. The Morgan fingerprint density at radius 1 is 1.29 bits per heavy atom. The molecule has 0 fully saturated rings. The van der Waals surface area contributed by atoms with Gasteiger partial charge < -0.3 is 9.47 Å². The molecule has 0 bridgehead atoms. The standard InChI is InChI=1S/C12H12ClNO2S/c1-15-9-3-4-10(11(5-9)16-2)12-14-8(6-13)7-17-12/h3-5,7H,6H2,1-2H3. The van der Waals surface area contributed by atoms with E-state index in [9.17, 15) is 0 Å². The summed E-state index contributed by atoms with van der Waals surface area (Å²) in [6, 6.07) is 5.67. The van der Waals surface area contributed by atoms with Crippen LogP contribution in [0.5, 0.6) is 11.5 Å². The van der Waals surface area contributed by atoms with Gasteiger partial charge in [-0.3, -0.25) is 0 Å². The molecule has 1 aromatic carbocycles. The van der Waals surface area contributed by atoms with Gasteiger partial charge in [0.1, 0.15) is 16.5 Å². The van der Waals surface area contributed by atoms with Crippen LogP contribution in [0.2, 0.25) is 0 Å². The van der Waals surface area contributed by atoms with E-state index < -0.39 is 0 Å². The van der Waals surface area contributed by atoms with Crippen LogP contribution in [0.4, 0.5) is 0 Å². The summed E-state index contributed by atoms with van der Waals surface area (Å²) in [7, 11) is 3.26. The fourth-order valence-corrected chi connectivity index (χ4v) is 2.54. The summed E-state index contributed by atoms with van der Waals surface area (Å²) >= 11 is 7.30. The van der Waals surface area contributed by atoms with Crippen molar-refractivity contribution < 1.29 is 9.47 Å². The lowest BCUT2D eigenvalue weighted by Gasteiger charge is -2.08. The first-order valence-corrected chi connectivity index (χ1v) is 6.42. The second-order valence-electron chi connectivity index (χ2n) is 3.34. The minimum atomic E-state index is 0.426. The molecule has 5 heteroatoms. The molecule has 3 nitrogen and oxygen atoms in total. The zero-order valence-electron chi connectivity index (χ0n) is 9.57. The third-order valence-electron chi connectivity index (χ3n) is 2.33. The Bertz CT molecular complexity index is 513. The van der Waals surface area contributed by atoms with E-state index in [-0.39, 0.29) is 0 Å². The Morgan fingerprint density at radius 3 is 2.71 bits per heavy atom. The number of rotatable bonds is 4. The van der Waals surface area contributed by atoms with Crippen molar-refractivity contribution in [2.24, 2.45) is 0 Å². The molecule has 0 saturated carbocycles. The number of ether oxygens (including phenoxy) is 2. The Labute approximate surface area is 109 Å². The molecule has 17 heavy (non-hydrogen) atoms. The molecule has 1 heterocycles. The molecule has 1 aromatic heterocycles. The van der Waals surface area contributed by atoms with Crippen LogP contribution in [0.3, 0.4) is 0 Å². The minimum absolute atomic E-state index is 0.426. The van der Waals surface area contributed by atoms with E-state index in [2.05, 4.69) is 4.98 Å². The number of methoxy groups -OCH3 is 2. The number of thiazole rings is 1. The summed E-state index contributed by atoms with van der Waals surface area (Å²) in [6.45, 7) is 0. The highest BCUT2D eigenvalue weighted by Gasteiger charge is 2.11. The number of hydrogen-bond donors (Lipinski definition) is 0. The molecule has 2 aromatic rings. The van der Waals surface area contributed by atoms with E-state index in [4.69, 9.17) is 21.1 Å². The molecule has 0 aliphatic heterocycles. The van der Waals surface area contributed by atoms with E-state index in [1.807, 2.05) is 23.6 Å². The molecule has 0 amide bonds. The van der Waals surface area contributed by atoms with Crippen molar-refractivity contribution in [3.8, 4) is 22.1 Å². The molecular formula is C12H12ClNO2S. The molecule has 0 radical (unpaired) electrons. The van der Waals surface area contributed by atoms with Crippen molar-refractivity contribution in [2.75, 3.05) is 14.2 Å². The monoisotopic (exact) mass is 269 g/mol. The predicted molar refractivity (Wildman–Crippen MR) is 70.2 cm³/mol. The fraction of sp³-hybridized carbons (Fsp3) is 0.250. The van der Waals surface area contributed by atoms with Crippen LogP contribution in [0.25, 0.3) is 10.6 Å². The van der Waals surface area contributed by atoms with Crippen LogP contribution in [0.15, 0.2) is 23.6 Å². The van der Waals surface area contributed by atoms with Gasteiger partial charge in [-0.1, -0.05) is 0 Å². The largest absolute Gasteiger partial charge is 0.497 e. The van der Waals surface area contributed by atoms with Gasteiger partial charge in [-0.15, -0.1) is 22.9 Å². The third kappa shape index (κ3) is 2.53. The lowest BCUT2D eigenvalue weighted by molar-refractivity contribution is 0.395. The summed E-state index contributed by atoms with van der Waals surface area (Å²) in [5.74, 6) is 1.94. The van der Waals surface area contributed by atoms with Gasteiger partial charge >= 0.3 is 0 Å². The van der Waals surface area contributed by atoms with Gasteiger partial charge in [-0.05, 0) is 12.1 Å². The summed E-state index contributed by atoms with van der Waals surface area (Å²) in [5, 5.41) is 2.85. The first-order valence-electron chi connectivity index (χ1n) is 5.01. The summed E-state index contributed by atoms with van der Waals surface area (Å²) in [5.41, 5.74) is 1.83. The Balaban J connectivity index is 2.43. The topological polar surface area (TPSA) is 31.4 Å². The summed E-state index contributed by atoms with van der Waals surface area (Å²) in [4.78, 5) is 4.43.